The van der Waals surface area contributed by atoms with E-state index in [9.17, 15) is 13.2 Å². The fourth-order valence-corrected chi connectivity index (χ4v) is 2.30. The Bertz CT molecular complexity index is 455. The smallest absolute Gasteiger partial charge is 0.381 e. The first kappa shape index (κ1) is 14.3. The van der Waals surface area contributed by atoms with Crippen LogP contribution in [0.4, 0.5) is 19.0 Å². The van der Waals surface area contributed by atoms with Crippen molar-refractivity contribution >= 4 is 17.4 Å². The van der Waals surface area contributed by atoms with E-state index in [4.69, 9.17) is 16.3 Å². The molecule has 1 aromatic rings. The zero-order chi connectivity index (χ0) is 14.0. The molecular formula is C11H13ClF3N3O. The van der Waals surface area contributed by atoms with E-state index >= 15 is 0 Å². The highest BCUT2D eigenvalue weighted by molar-refractivity contribution is 6.29. The monoisotopic (exact) mass is 295 g/mol. The van der Waals surface area contributed by atoms with Crippen molar-refractivity contribution in [2.45, 2.75) is 37.6 Å². The maximum absolute atomic E-state index is 12.5. The van der Waals surface area contributed by atoms with Crippen LogP contribution in [0.3, 0.4) is 0 Å². The number of halogens is 4. The predicted octanol–water partition coefficient (Wildman–Crippen LogP) is 3.13. The van der Waals surface area contributed by atoms with Gasteiger partial charge >= 0.3 is 6.18 Å². The van der Waals surface area contributed by atoms with Crippen LogP contribution in [0.25, 0.3) is 0 Å². The number of rotatable bonds is 3. The summed E-state index contributed by atoms with van der Waals surface area (Å²) < 4.78 is 42.8. The van der Waals surface area contributed by atoms with Gasteiger partial charge in [-0.05, 0) is 19.3 Å². The number of nitrogens with zero attached hydrogens (tertiary/aromatic N) is 2. The quantitative estimate of drug-likeness (QED) is 0.870. The highest BCUT2D eigenvalue weighted by Crippen LogP contribution is 2.29. The molecule has 0 spiro atoms. The van der Waals surface area contributed by atoms with E-state index in [1.807, 2.05) is 0 Å². The lowest BCUT2D eigenvalue weighted by atomic mass is 10.2. The van der Waals surface area contributed by atoms with Crippen molar-refractivity contribution in [2.24, 2.45) is 0 Å². The van der Waals surface area contributed by atoms with Gasteiger partial charge in [0.15, 0.2) is 0 Å². The number of hydrogen-bond acceptors (Lipinski definition) is 4. The zero-order valence-corrected chi connectivity index (χ0v) is 10.9. The Morgan fingerprint density at radius 1 is 1.37 bits per heavy atom. The molecule has 106 valence electrons. The molecule has 0 bridgehead atoms. The molecule has 1 aliphatic rings. The average Bonchev–Trinajstić information content (AvgIpc) is 2.75. The molecule has 8 heteroatoms. The van der Waals surface area contributed by atoms with Crippen LogP contribution in [-0.4, -0.2) is 29.2 Å². The summed E-state index contributed by atoms with van der Waals surface area (Å²) >= 11 is 5.58. The lowest BCUT2D eigenvalue weighted by Crippen LogP contribution is -2.20. The first-order valence-electron chi connectivity index (χ1n) is 5.79. The normalized spacial score (nSPS) is 23.6. The predicted molar refractivity (Wildman–Crippen MR) is 64.1 cm³/mol. The van der Waals surface area contributed by atoms with E-state index < -0.39 is 12.0 Å². The number of ether oxygens (including phenoxy) is 1. The van der Waals surface area contributed by atoms with Gasteiger partial charge in [0.1, 0.15) is 11.0 Å². The Hall–Kier alpha value is -1.08. The van der Waals surface area contributed by atoms with Gasteiger partial charge in [-0.3, -0.25) is 0 Å². The highest BCUT2D eigenvalue weighted by atomic mass is 35.5. The third-order valence-corrected chi connectivity index (χ3v) is 3.21. The molecule has 1 aromatic heterocycles. The lowest BCUT2D eigenvalue weighted by molar-refractivity contribution is -0.144. The Balaban J connectivity index is 2.11. The van der Waals surface area contributed by atoms with Crippen LogP contribution < -0.4 is 5.32 Å². The molecule has 0 aliphatic heterocycles. The van der Waals surface area contributed by atoms with Crippen LogP contribution in [0.2, 0.25) is 5.15 Å². The van der Waals surface area contributed by atoms with Crippen molar-refractivity contribution in [3.8, 4) is 0 Å². The van der Waals surface area contributed by atoms with Crippen LogP contribution in [0.15, 0.2) is 6.07 Å². The summed E-state index contributed by atoms with van der Waals surface area (Å²) in [6.45, 7) is 0. The first-order chi connectivity index (χ1) is 8.88. The minimum absolute atomic E-state index is 0.0389. The summed E-state index contributed by atoms with van der Waals surface area (Å²) in [5, 5.41) is 2.71. The number of methoxy groups -OCH3 is 1. The Morgan fingerprint density at radius 3 is 2.68 bits per heavy atom. The van der Waals surface area contributed by atoms with Gasteiger partial charge in [0.2, 0.25) is 5.82 Å². The molecule has 0 aromatic carbocycles. The maximum Gasteiger partial charge on any atom is 0.451 e. The molecule has 19 heavy (non-hydrogen) atoms. The number of nitrogens with one attached hydrogen (secondary N) is 1. The Morgan fingerprint density at radius 2 is 2.11 bits per heavy atom. The van der Waals surface area contributed by atoms with Crippen LogP contribution >= 0.6 is 11.6 Å². The van der Waals surface area contributed by atoms with Gasteiger partial charge in [0.25, 0.3) is 0 Å². The number of anilines is 1. The Kier molecular flexibility index (Phi) is 4.15. The lowest BCUT2D eigenvalue weighted by Gasteiger charge is -2.15. The molecule has 1 heterocycles. The van der Waals surface area contributed by atoms with Crippen molar-refractivity contribution in [2.75, 3.05) is 12.4 Å². The number of alkyl halides is 3. The van der Waals surface area contributed by atoms with E-state index in [0.29, 0.717) is 0 Å². The van der Waals surface area contributed by atoms with E-state index in [1.54, 1.807) is 7.11 Å². The minimum atomic E-state index is -4.61. The summed E-state index contributed by atoms with van der Waals surface area (Å²) in [5.74, 6) is -1.14. The molecule has 2 atom stereocenters. The van der Waals surface area contributed by atoms with Gasteiger partial charge in [0.05, 0.1) is 6.10 Å². The molecule has 1 aliphatic carbocycles. The zero-order valence-electron chi connectivity index (χ0n) is 10.2. The first-order valence-corrected chi connectivity index (χ1v) is 6.17. The van der Waals surface area contributed by atoms with Crippen LogP contribution in [-0.2, 0) is 10.9 Å². The number of hydrogen-bond donors (Lipinski definition) is 1. The van der Waals surface area contributed by atoms with Gasteiger partial charge < -0.3 is 10.1 Å². The summed E-state index contributed by atoms with van der Waals surface area (Å²) in [6, 6.07) is 1.33. The molecule has 0 radical (unpaired) electrons. The van der Waals surface area contributed by atoms with Gasteiger partial charge in [-0.1, -0.05) is 11.6 Å². The molecule has 1 N–H and O–H groups in total. The van der Waals surface area contributed by atoms with Crippen molar-refractivity contribution in [1.82, 2.24) is 9.97 Å². The minimum Gasteiger partial charge on any atom is -0.381 e. The average molecular weight is 296 g/mol. The standard InChI is InChI=1S/C11H13ClF3N3O/c1-19-7-3-2-6(4-7)16-9-5-8(12)17-10(18-9)11(13,14)15/h5-7H,2-4H2,1H3,(H,16,17,18). The second-order valence-corrected chi connectivity index (χ2v) is 4.80. The second-order valence-electron chi connectivity index (χ2n) is 4.41. The molecule has 1 saturated carbocycles. The van der Waals surface area contributed by atoms with Crippen molar-refractivity contribution < 1.29 is 17.9 Å². The second kappa shape index (κ2) is 5.50. The molecule has 1 fully saturated rings. The molecule has 4 nitrogen and oxygen atoms in total. The van der Waals surface area contributed by atoms with Crippen molar-refractivity contribution in [1.29, 1.82) is 0 Å². The summed E-state index contributed by atoms with van der Waals surface area (Å²) in [6.07, 6.45) is -2.04. The fourth-order valence-electron chi connectivity index (χ4n) is 2.11. The summed E-state index contributed by atoms with van der Waals surface area (Å²) in [5.41, 5.74) is 0. The Labute approximate surface area is 113 Å². The fraction of sp³-hybridized carbons (Fsp3) is 0.636. The van der Waals surface area contributed by atoms with E-state index in [1.165, 1.54) is 6.07 Å². The van der Waals surface area contributed by atoms with Crippen LogP contribution in [0, 0.1) is 0 Å². The van der Waals surface area contributed by atoms with Crippen molar-refractivity contribution in [3.63, 3.8) is 0 Å². The third kappa shape index (κ3) is 3.70. The SMILES string of the molecule is COC1CCC(Nc2cc(Cl)nc(C(F)(F)F)n2)C1. The van der Waals surface area contributed by atoms with Crippen LogP contribution in [0.1, 0.15) is 25.1 Å². The highest BCUT2D eigenvalue weighted by Gasteiger charge is 2.35. The van der Waals surface area contributed by atoms with Gasteiger partial charge in [0, 0.05) is 19.2 Å². The largest absolute Gasteiger partial charge is 0.451 e. The molecule has 2 rings (SSSR count). The number of aromatic nitrogens is 2. The summed E-state index contributed by atoms with van der Waals surface area (Å²) in [7, 11) is 1.62. The topological polar surface area (TPSA) is 47.0 Å². The molecule has 0 saturated heterocycles. The van der Waals surface area contributed by atoms with Gasteiger partial charge in [-0.25, -0.2) is 9.97 Å². The molecular weight excluding hydrogens is 283 g/mol. The molecule has 0 amide bonds. The van der Waals surface area contributed by atoms with Gasteiger partial charge in [-0.15, -0.1) is 0 Å². The van der Waals surface area contributed by atoms with E-state index in [0.717, 1.165) is 19.3 Å². The van der Waals surface area contributed by atoms with E-state index in [2.05, 4.69) is 15.3 Å². The third-order valence-electron chi connectivity index (χ3n) is 3.02. The summed E-state index contributed by atoms with van der Waals surface area (Å²) in [4.78, 5) is 6.62. The maximum atomic E-state index is 12.5. The molecule has 2 unspecified atom stereocenters. The van der Waals surface area contributed by atoms with Gasteiger partial charge in [-0.2, -0.15) is 13.2 Å². The van der Waals surface area contributed by atoms with Crippen molar-refractivity contribution in [3.05, 3.63) is 17.0 Å². The van der Waals surface area contributed by atoms with E-state index in [-0.39, 0.29) is 23.1 Å². The van der Waals surface area contributed by atoms with Crippen LogP contribution in [0.5, 0.6) is 0 Å².